The summed E-state index contributed by atoms with van der Waals surface area (Å²) in [6, 6.07) is 9.14. The van der Waals surface area contributed by atoms with E-state index in [1.165, 1.54) is 29.2 Å². The molecule has 0 aromatic heterocycles. The summed E-state index contributed by atoms with van der Waals surface area (Å²) < 4.78 is 18.9. The van der Waals surface area contributed by atoms with Gasteiger partial charge in [0.05, 0.1) is 23.8 Å². The molecule has 1 fully saturated rings. The van der Waals surface area contributed by atoms with Crippen LogP contribution in [0.25, 0.3) is 0 Å². The summed E-state index contributed by atoms with van der Waals surface area (Å²) in [5, 5.41) is 2.76. The fraction of sp³-hybridized carbons (Fsp3) is 0.318. The van der Waals surface area contributed by atoms with Gasteiger partial charge in [0.15, 0.2) is 0 Å². The molecular formula is C22H21FN2O4. The third-order valence-corrected chi connectivity index (χ3v) is 5.32. The van der Waals surface area contributed by atoms with Gasteiger partial charge in [-0.25, -0.2) is 4.39 Å². The van der Waals surface area contributed by atoms with E-state index in [1.807, 2.05) is 0 Å². The van der Waals surface area contributed by atoms with E-state index >= 15 is 0 Å². The molecule has 7 heteroatoms. The van der Waals surface area contributed by atoms with Gasteiger partial charge in [-0.3, -0.25) is 19.3 Å². The van der Waals surface area contributed by atoms with Crippen LogP contribution in [0.2, 0.25) is 0 Å². The van der Waals surface area contributed by atoms with Crippen molar-refractivity contribution in [3.63, 3.8) is 0 Å². The van der Waals surface area contributed by atoms with Gasteiger partial charge in [0.25, 0.3) is 17.7 Å². The second-order valence-corrected chi connectivity index (χ2v) is 7.38. The molecule has 4 rings (SSSR count). The second kappa shape index (κ2) is 7.75. The van der Waals surface area contributed by atoms with Crippen molar-refractivity contribution >= 4 is 17.7 Å². The summed E-state index contributed by atoms with van der Waals surface area (Å²) in [6.45, 7) is 2.77. The number of rotatable bonds is 5. The molecule has 0 spiro atoms. The number of fused-ring (bicyclic) bond motifs is 1. The molecule has 6 nitrogen and oxygen atoms in total. The van der Waals surface area contributed by atoms with E-state index in [9.17, 15) is 18.8 Å². The van der Waals surface area contributed by atoms with E-state index in [1.54, 1.807) is 19.1 Å². The van der Waals surface area contributed by atoms with Crippen LogP contribution in [0.3, 0.4) is 0 Å². The minimum atomic E-state index is -0.399. The van der Waals surface area contributed by atoms with Crippen molar-refractivity contribution < 1.29 is 23.5 Å². The molecule has 2 aliphatic heterocycles. The van der Waals surface area contributed by atoms with Crippen LogP contribution < -0.4 is 5.32 Å². The van der Waals surface area contributed by atoms with Gasteiger partial charge in [-0.05, 0) is 55.2 Å². The standard InChI is InChI=1S/C22H21FN2O4/c1-13-9-14(4-7-19(13)23)11-24-20(26)15-5-6-17-18(10-15)22(28)25(21(17)27)12-16-3-2-8-29-16/h4-7,9-10,16H,2-3,8,11-12H2,1H3,(H,24,26)/t16-/m0/s1. The summed E-state index contributed by atoms with van der Waals surface area (Å²) in [5.41, 5.74) is 2.11. The Morgan fingerprint density at radius 3 is 2.69 bits per heavy atom. The Kier molecular flexibility index (Phi) is 5.15. The van der Waals surface area contributed by atoms with E-state index in [0.29, 0.717) is 23.3 Å². The SMILES string of the molecule is Cc1cc(CNC(=O)c2ccc3c(c2)C(=O)N(C[C@@H]2CCCO2)C3=O)ccc1F. The Labute approximate surface area is 167 Å². The van der Waals surface area contributed by atoms with E-state index in [0.717, 1.165) is 18.4 Å². The van der Waals surface area contributed by atoms with Crippen LogP contribution in [-0.4, -0.2) is 41.9 Å². The maximum atomic E-state index is 13.4. The molecular weight excluding hydrogens is 375 g/mol. The normalized spacial score (nSPS) is 18.3. The van der Waals surface area contributed by atoms with Crippen LogP contribution in [-0.2, 0) is 11.3 Å². The fourth-order valence-electron chi connectivity index (χ4n) is 3.69. The number of carbonyl (C=O) groups excluding carboxylic acids is 3. The fourth-order valence-corrected chi connectivity index (χ4v) is 3.69. The van der Waals surface area contributed by atoms with Crippen LogP contribution in [0.5, 0.6) is 0 Å². The highest BCUT2D eigenvalue weighted by atomic mass is 19.1. The van der Waals surface area contributed by atoms with Gasteiger partial charge in [-0.1, -0.05) is 12.1 Å². The van der Waals surface area contributed by atoms with E-state index in [4.69, 9.17) is 4.74 Å². The molecule has 2 aromatic rings. The van der Waals surface area contributed by atoms with Crippen LogP contribution >= 0.6 is 0 Å². The Morgan fingerprint density at radius 1 is 1.17 bits per heavy atom. The lowest BCUT2D eigenvalue weighted by Crippen LogP contribution is -2.36. The molecule has 2 heterocycles. The summed E-state index contributed by atoms with van der Waals surface area (Å²) >= 11 is 0. The quantitative estimate of drug-likeness (QED) is 0.789. The molecule has 2 aromatic carbocycles. The van der Waals surface area contributed by atoms with Gasteiger partial charge in [0.1, 0.15) is 5.82 Å². The van der Waals surface area contributed by atoms with Gasteiger partial charge >= 0.3 is 0 Å². The highest BCUT2D eigenvalue weighted by Gasteiger charge is 2.37. The summed E-state index contributed by atoms with van der Waals surface area (Å²) in [5.74, 6) is -1.42. The molecule has 1 saturated heterocycles. The van der Waals surface area contributed by atoms with E-state index in [2.05, 4.69) is 5.32 Å². The number of aryl methyl sites for hydroxylation is 1. The predicted molar refractivity (Wildman–Crippen MR) is 103 cm³/mol. The summed E-state index contributed by atoms with van der Waals surface area (Å²) in [6.07, 6.45) is 1.62. The maximum Gasteiger partial charge on any atom is 0.261 e. The van der Waals surface area contributed by atoms with Gasteiger partial charge < -0.3 is 10.1 Å². The first-order valence-corrected chi connectivity index (χ1v) is 9.59. The lowest BCUT2D eigenvalue weighted by Gasteiger charge is -2.17. The Morgan fingerprint density at radius 2 is 1.97 bits per heavy atom. The average Bonchev–Trinajstić information content (AvgIpc) is 3.31. The van der Waals surface area contributed by atoms with Gasteiger partial charge in [0.2, 0.25) is 0 Å². The van der Waals surface area contributed by atoms with Crippen molar-refractivity contribution in [2.24, 2.45) is 0 Å². The van der Waals surface area contributed by atoms with Crippen molar-refractivity contribution in [3.8, 4) is 0 Å². The third-order valence-electron chi connectivity index (χ3n) is 5.32. The lowest BCUT2D eigenvalue weighted by atomic mass is 10.1. The van der Waals surface area contributed by atoms with Gasteiger partial charge in [0, 0.05) is 18.7 Å². The van der Waals surface area contributed by atoms with E-state index < -0.39 is 5.91 Å². The van der Waals surface area contributed by atoms with E-state index in [-0.39, 0.29) is 42.4 Å². The number of hydrogen-bond acceptors (Lipinski definition) is 4. The van der Waals surface area contributed by atoms with Gasteiger partial charge in [-0.15, -0.1) is 0 Å². The van der Waals surface area contributed by atoms with Crippen molar-refractivity contribution in [2.75, 3.05) is 13.2 Å². The number of benzene rings is 2. The van der Waals surface area contributed by atoms with Crippen LogP contribution in [0, 0.1) is 12.7 Å². The lowest BCUT2D eigenvalue weighted by molar-refractivity contribution is 0.0475. The first kappa shape index (κ1) is 19.3. The highest BCUT2D eigenvalue weighted by Crippen LogP contribution is 2.26. The Hall–Kier alpha value is -3.06. The molecule has 1 atom stereocenters. The molecule has 0 aliphatic carbocycles. The smallest absolute Gasteiger partial charge is 0.261 e. The minimum Gasteiger partial charge on any atom is -0.376 e. The number of ether oxygens (including phenoxy) is 1. The zero-order chi connectivity index (χ0) is 20.5. The maximum absolute atomic E-state index is 13.4. The van der Waals surface area contributed by atoms with Gasteiger partial charge in [-0.2, -0.15) is 0 Å². The topological polar surface area (TPSA) is 75.7 Å². The highest BCUT2D eigenvalue weighted by molar-refractivity contribution is 6.22. The van der Waals surface area contributed by atoms with Crippen LogP contribution in [0.15, 0.2) is 36.4 Å². The minimum absolute atomic E-state index is 0.126. The van der Waals surface area contributed by atoms with Crippen molar-refractivity contribution in [3.05, 3.63) is 70.0 Å². The van der Waals surface area contributed by atoms with Crippen LogP contribution in [0.4, 0.5) is 4.39 Å². The molecule has 0 bridgehead atoms. The zero-order valence-corrected chi connectivity index (χ0v) is 16.0. The first-order chi connectivity index (χ1) is 13.9. The Balaban J connectivity index is 1.46. The predicted octanol–water partition coefficient (Wildman–Crippen LogP) is 2.84. The number of halogens is 1. The number of hydrogen-bond donors (Lipinski definition) is 1. The molecule has 0 saturated carbocycles. The number of nitrogens with zero attached hydrogens (tertiary/aromatic N) is 1. The van der Waals surface area contributed by atoms with Crippen molar-refractivity contribution in [2.45, 2.75) is 32.4 Å². The molecule has 1 N–H and O–H groups in total. The second-order valence-electron chi connectivity index (χ2n) is 7.38. The monoisotopic (exact) mass is 396 g/mol. The molecule has 29 heavy (non-hydrogen) atoms. The largest absolute Gasteiger partial charge is 0.376 e. The molecule has 0 unspecified atom stereocenters. The molecule has 3 amide bonds. The van der Waals surface area contributed by atoms with Crippen LogP contribution in [0.1, 0.15) is 55.0 Å². The number of nitrogens with one attached hydrogen (secondary N) is 1. The van der Waals surface area contributed by atoms with Crippen molar-refractivity contribution in [1.82, 2.24) is 10.2 Å². The zero-order valence-electron chi connectivity index (χ0n) is 16.0. The summed E-state index contributed by atoms with van der Waals surface area (Å²) in [7, 11) is 0. The van der Waals surface area contributed by atoms with Crippen molar-refractivity contribution in [1.29, 1.82) is 0 Å². The first-order valence-electron chi connectivity index (χ1n) is 9.59. The summed E-state index contributed by atoms with van der Waals surface area (Å²) in [4.78, 5) is 39.0. The molecule has 150 valence electrons. The molecule has 0 radical (unpaired) electrons. The Bertz CT molecular complexity index is 998. The number of amides is 3. The molecule has 2 aliphatic rings. The number of carbonyl (C=O) groups is 3. The third kappa shape index (κ3) is 3.78. The average molecular weight is 396 g/mol. The number of imide groups is 1.